The van der Waals surface area contributed by atoms with Crippen LogP contribution in [0, 0.1) is 5.82 Å². The van der Waals surface area contributed by atoms with Gasteiger partial charge >= 0.3 is 0 Å². The summed E-state index contributed by atoms with van der Waals surface area (Å²) in [4.78, 5) is 2.28. The Morgan fingerprint density at radius 1 is 1.16 bits per heavy atom. The number of nitrogens with one attached hydrogen (secondary N) is 1. The first kappa shape index (κ1) is 19.2. The van der Waals surface area contributed by atoms with Crippen molar-refractivity contribution < 1.29 is 17.5 Å². The fourth-order valence-corrected chi connectivity index (χ4v) is 3.03. The van der Waals surface area contributed by atoms with Crippen LogP contribution >= 0.6 is 11.6 Å². The van der Waals surface area contributed by atoms with Gasteiger partial charge in [0, 0.05) is 5.88 Å². The Morgan fingerprint density at radius 2 is 1.80 bits per heavy atom. The molecule has 0 aliphatic heterocycles. The number of benzene rings is 2. The molecule has 0 aliphatic rings. The van der Waals surface area contributed by atoms with Crippen molar-refractivity contribution in [3.05, 3.63) is 59.9 Å². The minimum absolute atomic E-state index is 0.0628. The van der Waals surface area contributed by atoms with Gasteiger partial charge in [-0.05, 0) is 54.8 Å². The van der Waals surface area contributed by atoms with Gasteiger partial charge in [-0.3, -0.25) is 0 Å². The zero-order chi connectivity index (χ0) is 18.3. The van der Waals surface area contributed by atoms with E-state index in [4.69, 9.17) is 16.3 Å². The third-order valence-corrected chi connectivity index (χ3v) is 4.89. The molecule has 0 atom stereocenters. The maximum absolute atomic E-state index is 13.1. The van der Waals surface area contributed by atoms with Gasteiger partial charge in [0.25, 0.3) is 10.0 Å². The van der Waals surface area contributed by atoms with Gasteiger partial charge in [-0.2, -0.15) is 18.4 Å². The van der Waals surface area contributed by atoms with Gasteiger partial charge < -0.3 is 4.74 Å². The molecule has 0 saturated heterocycles. The van der Waals surface area contributed by atoms with Crippen LogP contribution in [-0.2, 0) is 10.0 Å². The molecule has 0 heterocycles. The number of alkyl halides is 1. The summed E-state index contributed by atoms with van der Waals surface area (Å²) in [6, 6.07) is 11.6. The zero-order valence-corrected chi connectivity index (χ0v) is 15.1. The number of halogens is 2. The number of hydrogen-bond acceptors (Lipinski definition) is 4. The Bertz CT molecular complexity index is 822. The average Bonchev–Trinajstić information content (AvgIpc) is 2.63. The van der Waals surface area contributed by atoms with E-state index in [1.165, 1.54) is 31.4 Å². The lowest BCUT2D eigenvalue weighted by molar-refractivity contribution is 0.414. The lowest BCUT2D eigenvalue weighted by Gasteiger charge is -2.09. The highest BCUT2D eigenvalue weighted by molar-refractivity contribution is 7.89. The van der Waals surface area contributed by atoms with Gasteiger partial charge in [0.2, 0.25) is 0 Å². The van der Waals surface area contributed by atoms with E-state index in [1.807, 2.05) is 0 Å². The molecule has 5 nitrogen and oxygen atoms in total. The van der Waals surface area contributed by atoms with Gasteiger partial charge in [-0.1, -0.05) is 12.1 Å². The molecule has 0 amide bonds. The average molecular weight is 385 g/mol. The van der Waals surface area contributed by atoms with Crippen molar-refractivity contribution in [3.63, 3.8) is 0 Å². The Morgan fingerprint density at radius 3 is 2.36 bits per heavy atom. The second kappa shape index (κ2) is 8.82. The maximum Gasteiger partial charge on any atom is 0.276 e. The monoisotopic (exact) mass is 384 g/mol. The van der Waals surface area contributed by atoms with Crippen LogP contribution in [0.15, 0.2) is 58.5 Å². The molecule has 0 fully saturated rings. The number of hydrogen-bond donors (Lipinski definition) is 1. The summed E-state index contributed by atoms with van der Waals surface area (Å²) in [5.41, 5.74) is 1.11. The molecule has 0 aromatic heterocycles. The molecular formula is C17H18ClFN2O3S. The molecule has 1 N–H and O–H groups in total. The predicted octanol–water partition coefficient (Wildman–Crippen LogP) is 3.54. The van der Waals surface area contributed by atoms with Crippen molar-refractivity contribution in [1.82, 2.24) is 4.83 Å². The summed E-state index contributed by atoms with van der Waals surface area (Å²) in [6.45, 7) is 0. The molecule has 25 heavy (non-hydrogen) atoms. The topological polar surface area (TPSA) is 67.8 Å². The molecule has 0 bridgehead atoms. The lowest BCUT2D eigenvalue weighted by atomic mass is 10.1. The van der Waals surface area contributed by atoms with Crippen molar-refractivity contribution in [2.75, 3.05) is 13.0 Å². The summed E-state index contributed by atoms with van der Waals surface area (Å²) in [6.07, 6.45) is 1.07. The third-order valence-electron chi connectivity index (χ3n) is 3.40. The third kappa shape index (κ3) is 5.44. The van der Waals surface area contributed by atoms with Gasteiger partial charge in [0.15, 0.2) is 0 Å². The Labute approximate surface area is 151 Å². The van der Waals surface area contributed by atoms with E-state index in [9.17, 15) is 12.8 Å². The van der Waals surface area contributed by atoms with Crippen LogP contribution < -0.4 is 9.57 Å². The molecule has 0 spiro atoms. The summed E-state index contributed by atoms with van der Waals surface area (Å²) >= 11 is 5.71. The molecule has 2 rings (SSSR count). The summed E-state index contributed by atoms with van der Waals surface area (Å²) in [5, 5.41) is 4.02. The minimum Gasteiger partial charge on any atom is -0.497 e. The van der Waals surface area contributed by atoms with Crippen molar-refractivity contribution in [2.24, 2.45) is 5.10 Å². The van der Waals surface area contributed by atoms with Gasteiger partial charge in [-0.15, -0.1) is 11.6 Å². The molecule has 2 aromatic rings. The summed E-state index contributed by atoms with van der Waals surface area (Å²) < 4.78 is 42.8. The quantitative estimate of drug-likeness (QED) is 0.430. The standard InChI is InChI=1S/C17H18ClFN2O3S/c1-24-15-8-10-16(11-9-15)25(22,23)21-20-17(3-2-12-18)13-4-6-14(19)7-5-13/h4-11,21H,2-3,12H2,1H3/b20-17+. The largest absolute Gasteiger partial charge is 0.497 e. The number of rotatable bonds is 8. The van der Waals surface area contributed by atoms with E-state index >= 15 is 0 Å². The van der Waals surface area contributed by atoms with Gasteiger partial charge in [-0.25, -0.2) is 4.39 Å². The highest BCUT2D eigenvalue weighted by Crippen LogP contribution is 2.16. The van der Waals surface area contributed by atoms with Crippen molar-refractivity contribution in [1.29, 1.82) is 0 Å². The molecular weight excluding hydrogens is 367 g/mol. The van der Waals surface area contributed by atoms with Gasteiger partial charge in [0.05, 0.1) is 17.7 Å². The Hall–Kier alpha value is -2.12. The smallest absolute Gasteiger partial charge is 0.276 e. The summed E-state index contributed by atoms with van der Waals surface area (Å²) in [5.74, 6) is 0.585. The molecule has 0 unspecified atom stereocenters. The van der Waals surface area contributed by atoms with Crippen LogP contribution in [0.5, 0.6) is 5.75 Å². The van der Waals surface area contributed by atoms with Crippen molar-refractivity contribution >= 4 is 27.3 Å². The number of methoxy groups -OCH3 is 1. The Balaban J connectivity index is 2.24. The highest BCUT2D eigenvalue weighted by atomic mass is 35.5. The Kier molecular flexibility index (Phi) is 6.78. The van der Waals surface area contributed by atoms with Crippen molar-refractivity contribution in [2.45, 2.75) is 17.7 Å². The molecule has 134 valence electrons. The molecule has 0 saturated carbocycles. The molecule has 0 radical (unpaired) electrons. The lowest BCUT2D eigenvalue weighted by Crippen LogP contribution is -2.20. The van der Waals surface area contributed by atoms with E-state index in [0.29, 0.717) is 35.7 Å². The zero-order valence-electron chi connectivity index (χ0n) is 13.6. The number of hydrazone groups is 1. The maximum atomic E-state index is 13.1. The van der Waals surface area contributed by atoms with Crippen LogP contribution in [0.4, 0.5) is 4.39 Å². The van der Waals surface area contributed by atoms with Crippen molar-refractivity contribution in [3.8, 4) is 5.75 Å². The van der Waals surface area contributed by atoms with E-state index in [2.05, 4.69) is 9.93 Å². The second-order valence-corrected chi connectivity index (χ2v) is 7.17. The van der Waals surface area contributed by atoms with Crippen LogP contribution in [0.25, 0.3) is 0 Å². The number of nitrogens with zero attached hydrogens (tertiary/aromatic N) is 1. The van der Waals surface area contributed by atoms with Crippen LogP contribution in [-0.4, -0.2) is 27.1 Å². The predicted molar refractivity (Wildman–Crippen MR) is 96.2 cm³/mol. The molecule has 8 heteroatoms. The van der Waals surface area contributed by atoms with Crippen LogP contribution in [0.2, 0.25) is 0 Å². The number of ether oxygens (including phenoxy) is 1. The first-order chi connectivity index (χ1) is 12.0. The van der Waals surface area contributed by atoms with E-state index in [1.54, 1.807) is 24.3 Å². The van der Waals surface area contributed by atoms with Gasteiger partial charge in [0.1, 0.15) is 11.6 Å². The SMILES string of the molecule is COc1ccc(S(=O)(=O)N/N=C(\CCCCl)c2ccc(F)cc2)cc1. The van der Waals surface area contributed by atoms with E-state index in [0.717, 1.165) is 0 Å². The molecule has 2 aromatic carbocycles. The first-order valence-corrected chi connectivity index (χ1v) is 9.52. The normalized spacial score (nSPS) is 12.0. The first-order valence-electron chi connectivity index (χ1n) is 7.50. The van der Waals surface area contributed by atoms with E-state index < -0.39 is 10.0 Å². The fraction of sp³-hybridized carbons (Fsp3) is 0.235. The summed E-state index contributed by atoms with van der Waals surface area (Å²) in [7, 11) is -2.32. The van der Waals surface area contributed by atoms with E-state index in [-0.39, 0.29) is 10.7 Å². The number of sulfonamides is 1. The fourth-order valence-electron chi connectivity index (χ4n) is 2.06. The van der Waals surface area contributed by atoms with Crippen LogP contribution in [0.3, 0.4) is 0 Å². The second-order valence-electron chi connectivity index (χ2n) is 5.13. The van der Waals surface area contributed by atoms with Crippen LogP contribution in [0.1, 0.15) is 18.4 Å². The highest BCUT2D eigenvalue weighted by Gasteiger charge is 2.14. The molecule has 0 aliphatic carbocycles. The minimum atomic E-state index is -3.82.